The van der Waals surface area contributed by atoms with Crippen molar-refractivity contribution in [1.29, 1.82) is 0 Å². The molecule has 0 aliphatic carbocycles. The fraction of sp³-hybridized carbons (Fsp3) is 0.727. The number of rotatable bonds is 1. The van der Waals surface area contributed by atoms with Crippen LogP contribution in [0.25, 0.3) is 0 Å². The van der Waals surface area contributed by atoms with Crippen LogP contribution in [0.5, 0.6) is 5.88 Å². The molecule has 2 fully saturated rings. The number of aromatic hydroxyl groups is 1. The third-order valence-electron chi connectivity index (χ3n) is 4.15. The minimum absolute atomic E-state index is 0.0218. The van der Waals surface area contributed by atoms with Gasteiger partial charge in [0, 0.05) is 18.1 Å². The molecule has 2 atom stereocenters. The Morgan fingerprint density at radius 2 is 1.94 bits per heavy atom. The molecule has 16 heavy (non-hydrogen) atoms. The maximum absolute atomic E-state index is 11.7. The Labute approximate surface area is 98.1 Å². The largest absolute Gasteiger partial charge is 0.494 e. The van der Waals surface area contributed by atoms with Gasteiger partial charge in [-0.1, -0.05) is 11.3 Å². The van der Waals surface area contributed by atoms with Crippen molar-refractivity contribution in [2.75, 3.05) is 7.05 Å². The van der Waals surface area contributed by atoms with E-state index in [0.717, 1.165) is 24.2 Å². The van der Waals surface area contributed by atoms with Gasteiger partial charge in [-0.25, -0.2) is 0 Å². The summed E-state index contributed by atoms with van der Waals surface area (Å²) in [6.07, 6.45) is 4.46. The Bertz CT molecular complexity index is 439. The van der Waals surface area contributed by atoms with E-state index in [2.05, 4.69) is 11.9 Å². The van der Waals surface area contributed by atoms with E-state index in [1.165, 1.54) is 12.8 Å². The molecule has 1 N–H and O–H groups in total. The van der Waals surface area contributed by atoms with Gasteiger partial charge in [0.15, 0.2) is 0 Å². The molecule has 0 saturated carbocycles. The number of thiazole rings is 1. The summed E-state index contributed by atoms with van der Waals surface area (Å²) in [5, 5.41) is 11.2. The molecule has 2 saturated heterocycles. The summed E-state index contributed by atoms with van der Waals surface area (Å²) < 4.78 is 1.59. The quantitative estimate of drug-likeness (QED) is 0.807. The molecule has 0 spiro atoms. The molecule has 4 nitrogen and oxygen atoms in total. The summed E-state index contributed by atoms with van der Waals surface area (Å²) in [4.78, 5) is 14.1. The predicted molar refractivity (Wildman–Crippen MR) is 63.1 cm³/mol. The molecule has 1 aromatic rings. The van der Waals surface area contributed by atoms with Crippen LogP contribution in [-0.4, -0.2) is 33.7 Å². The van der Waals surface area contributed by atoms with Gasteiger partial charge in [-0.2, -0.15) is 0 Å². The number of fused-ring (bicyclic) bond motifs is 2. The first kappa shape index (κ1) is 10.4. The zero-order valence-corrected chi connectivity index (χ0v) is 10.1. The molecule has 2 aliphatic heterocycles. The van der Waals surface area contributed by atoms with Crippen LogP contribution in [0.4, 0.5) is 0 Å². The lowest BCUT2D eigenvalue weighted by Gasteiger charge is -2.36. The Hall–Kier alpha value is -0.810. The maximum atomic E-state index is 11.7. The Morgan fingerprint density at radius 1 is 1.31 bits per heavy atom. The fourth-order valence-electron chi connectivity index (χ4n) is 3.24. The molecule has 0 radical (unpaired) electrons. The SMILES string of the molecule is CN1C2CCC1CC(n1c(O)csc1=O)C2. The Balaban J connectivity index is 1.91. The van der Waals surface area contributed by atoms with Crippen molar-refractivity contribution in [3.05, 3.63) is 15.0 Å². The lowest BCUT2D eigenvalue weighted by Crippen LogP contribution is -2.41. The van der Waals surface area contributed by atoms with E-state index in [-0.39, 0.29) is 16.8 Å². The van der Waals surface area contributed by atoms with E-state index >= 15 is 0 Å². The highest BCUT2D eigenvalue weighted by Crippen LogP contribution is 2.40. The summed E-state index contributed by atoms with van der Waals surface area (Å²) in [5.41, 5.74) is 0. The molecule has 0 aromatic carbocycles. The molecule has 2 aliphatic rings. The lowest BCUT2D eigenvalue weighted by molar-refractivity contribution is 0.132. The van der Waals surface area contributed by atoms with E-state index in [0.29, 0.717) is 12.1 Å². The van der Waals surface area contributed by atoms with E-state index in [9.17, 15) is 9.90 Å². The van der Waals surface area contributed by atoms with Crippen molar-refractivity contribution in [2.24, 2.45) is 0 Å². The van der Waals surface area contributed by atoms with Crippen molar-refractivity contribution in [3.8, 4) is 5.88 Å². The van der Waals surface area contributed by atoms with E-state index in [4.69, 9.17) is 0 Å². The molecule has 88 valence electrons. The van der Waals surface area contributed by atoms with Gasteiger partial charge < -0.3 is 10.0 Å². The number of hydrogen-bond acceptors (Lipinski definition) is 4. The van der Waals surface area contributed by atoms with Crippen molar-refractivity contribution in [2.45, 2.75) is 43.8 Å². The van der Waals surface area contributed by atoms with Gasteiger partial charge in [-0.15, -0.1) is 0 Å². The van der Waals surface area contributed by atoms with Gasteiger partial charge in [-0.3, -0.25) is 9.36 Å². The molecule has 0 amide bonds. The Kier molecular flexibility index (Phi) is 2.33. The molecule has 2 bridgehead atoms. The van der Waals surface area contributed by atoms with Gasteiger partial charge >= 0.3 is 4.87 Å². The summed E-state index contributed by atoms with van der Waals surface area (Å²) >= 11 is 1.09. The predicted octanol–water partition coefficient (Wildman–Crippen LogP) is 1.41. The highest BCUT2D eigenvalue weighted by molar-refractivity contribution is 7.07. The third kappa shape index (κ3) is 1.42. The maximum Gasteiger partial charge on any atom is 0.310 e. The van der Waals surface area contributed by atoms with Crippen LogP contribution in [0.2, 0.25) is 0 Å². The zero-order valence-electron chi connectivity index (χ0n) is 9.30. The summed E-state index contributed by atoms with van der Waals surface area (Å²) in [6, 6.07) is 1.39. The van der Waals surface area contributed by atoms with Crippen LogP contribution >= 0.6 is 11.3 Å². The highest BCUT2D eigenvalue weighted by atomic mass is 32.1. The molecule has 3 rings (SSSR count). The average Bonchev–Trinajstić information content (AvgIpc) is 2.67. The summed E-state index contributed by atoms with van der Waals surface area (Å²) in [5.74, 6) is 0.143. The van der Waals surface area contributed by atoms with Gasteiger partial charge in [-0.05, 0) is 32.7 Å². The topological polar surface area (TPSA) is 45.5 Å². The smallest absolute Gasteiger partial charge is 0.310 e. The van der Waals surface area contributed by atoms with Crippen LogP contribution in [0.1, 0.15) is 31.7 Å². The number of nitrogens with zero attached hydrogens (tertiary/aromatic N) is 2. The molecular formula is C11H16N2O2S. The Morgan fingerprint density at radius 3 is 2.44 bits per heavy atom. The minimum Gasteiger partial charge on any atom is -0.494 e. The van der Waals surface area contributed by atoms with E-state index < -0.39 is 0 Å². The van der Waals surface area contributed by atoms with Crippen LogP contribution in [0, 0.1) is 0 Å². The second-order valence-electron chi connectivity index (χ2n) is 4.91. The zero-order chi connectivity index (χ0) is 11.3. The van der Waals surface area contributed by atoms with Crippen LogP contribution in [0.15, 0.2) is 10.2 Å². The van der Waals surface area contributed by atoms with Gasteiger partial charge in [0.25, 0.3) is 0 Å². The number of piperidine rings is 1. The second-order valence-corrected chi connectivity index (χ2v) is 5.73. The molecular weight excluding hydrogens is 224 g/mol. The van der Waals surface area contributed by atoms with Gasteiger partial charge in [0.05, 0.1) is 5.38 Å². The minimum atomic E-state index is -0.0218. The van der Waals surface area contributed by atoms with Crippen LogP contribution in [-0.2, 0) is 0 Å². The van der Waals surface area contributed by atoms with Crippen molar-refractivity contribution < 1.29 is 5.11 Å². The third-order valence-corrected chi connectivity index (χ3v) is 4.87. The van der Waals surface area contributed by atoms with Crippen LogP contribution < -0.4 is 4.87 Å². The molecule has 5 heteroatoms. The molecule has 1 aromatic heterocycles. The first-order valence-corrected chi connectivity index (χ1v) is 6.65. The molecule has 2 unspecified atom stereocenters. The highest BCUT2D eigenvalue weighted by Gasteiger charge is 2.39. The normalized spacial score (nSPS) is 34.4. The van der Waals surface area contributed by atoms with Gasteiger partial charge in [0.2, 0.25) is 5.88 Å². The lowest BCUT2D eigenvalue weighted by atomic mass is 9.98. The van der Waals surface area contributed by atoms with Crippen molar-refractivity contribution in [3.63, 3.8) is 0 Å². The monoisotopic (exact) mass is 240 g/mol. The number of aromatic nitrogens is 1. The van der Waals surface area contributed by atoms with E-state index in [1.807, 2.05) is 0 Å². The van der Waals surface area contributed by atoms with Crippen LogP contribution in [0.3, 0.4) is 0 Å². The van der Waals surface area contributed by atoms with Gasteiger partial charge in [0.1, 0.15) is 0 Å². The average molecular weight is 240 g/mol. The number of hydrogen-bond donors (Lipinski definition) is 1. The fourth-order valence-corrected chi connectivity index (χ4v) is 3.92. The first-order valence-electron chi connectivity index (χ1n) is 5.77. The second kappa shape index (κ2) is 3.60. The standard InChI is InChI=1S/C11H16N2O2S/c1-12-7-2-3-8(12)5-9(4-7)13-10(14)6-16-11(13)15/h6-9,14H,2-5H2,1H3. The van der Waals surface area contributed by atoms with Crippen molar-refractivity contribution in [1.82, 2.24) is 9.47 Å². The first-order chi connectivity index (χ1) is 7.66. The summed E-state index contributed by atoms with van der Waals surface area (Å²) in [6.45, 7) is 0. The summed E-state index contributed by atoms with van der Waals surface area (Å²) in [7, 11) is 2.18. The van der Waals surface area contributed by atoms with Crippen molar-refractivity contribution >= 4 is 11.3 Å². The van der Waals surface area contributed by atoms with E-state index in [1.54, 1.807) is 9.95 Å². The molecule has 3 heterocycles.